The Morgan fingerprint density at radius 2 is 2.08 bits per heavy atom. The molecule has 0 radical (unpaired) electrons. The van der Waals surface area contributed by atoms with Gasteiger partial charge >= 0.3 is 0 Å². The summed E-state index contributed by atoms with van der Waals surface area (Å²) in [6.07, 6.45) is 4.89. The van der Waals surface area contributed by atoms with Gasteiger partial charge in [-0.15, -0.1) is 0 Å². The molecule has 5 nitrogen and oxygen atoms in total. The van der Waals surface area contributed by atoms with Crippen LogP contribution in [-0.2, 0) is 4.74 Å². The van der Waals surface area contributed by atoms with Crippen LogP contribution in [-0.4, -0.2) is 56.7 Å². The van der Waals surface area contributed by atoms with Crippen molar-refractivity contribution < 1.29 is 4.74 Å². The van der Waals surface area contributed by atoms with Gasteiger partial charge in [-0.05, 0) is 31.7 Å². The van der Waals surface area contributed by atoms with Crippen molar-refractivity contribution >= 4 is 18.1 Å². The highest BCUT2D eigenvalue weighted by Crippen LogP contribution is 2.23. The number of allylic oxidation sites excluding steroid dienone is 1. The van der Waals surface area contributed by atoms with E-state index < -0.39 is 0 Å². The summed E-state index contributed by atoms with van der Waals surface area (Å²) in [5, 5.41) is 3.42. The Hall–Kier alpha value is -2.24. The monoisotopic (exact) mass is 338 g/mol. The summed E-state index contributed by atoms with van der Waals surface area (Å²) < 4.78 is 5.38. The molecule has 25 heavy (non-hydrogen) atoms. The summed E-state index contributed by atoms with van der Waals surface area (Å²) in [5.41, 5.74) is 5.36. The number of aliphatic imine (C=N–C) groups is 2. The number of hydrogen-bond acceptors (Lipinski definition) is 5. The highest BCUT2D eigenvalue weighted by atomic mass is 16.5. The van der Waals surface area contributed by atoms with Gasteiger partial charge in [-0.25, -0.2) is 0 Å². The van der Waals surface area contributed by atoms with Crippen LogP contribution in [0.25, 0.3) is 5.70 Å². The maximum Gasteiger partial charge on any atom is 0.0845 e. The molecule has 0 amide bonds. The molecule has 1 saturated heterocycles. The van der Waals surface area contributed by atoms with Gasteiger partial charge in [-0.2, -0.15) is 0 Å². The van der Waals surface area contributed by atoms with Crippen LogP contribution in [0, 0.1) is 6.92 Å². The van der Waals surface area contributed by atoms with E-state index in [1.54, 1.807) is 6.20 Å². The topological polar surface area (TPSA) is 49.2 Å². The fourth-order valence-corrected chi connectivity index (χ4v) is 3.12. The normalized spacial score (nSPS) is 21.4. The number of benzene rings is 1. The number of nitrogens with zero attached hydrogens (tertiary/aromatic N) is 3. The van der Waals surface area contributed by atoms with Gasteiger partial charge in [0, 0.05) is 37.4 Å². The molecule has 2 aliphatic rings. The van der Waals surface area contributed by atoms with E-state index in [4.69, 9.17) is 9.73 Å². The third kappa shape index (κ3) is 4.65. The molecule has 0 bridgehead atoms. The zero-order chi connectivity index (χ0) is 17.5. The van der Waals surface area contributed by atoms with Crippen LogP contribution < -0.4 is 5.32 Å². The van der Waals surface area contributed by atoms with Gasteiger partial charge in [0.25, 0.3) is 0 Å². The van der Waals surface area contributed by atoms with Gasteiger partial charge in [-0.1, -0.05) is 24.3 Å². The first-order valence-corrected chi connectivity index (χ1v) is 8.83. The first-order chi connectivity index (χ1) is 12.3. The van der Waals surface area contributed by atoms with Gasteiger partial charge in [0.05, 0.1) is 30.8 Å². The molecule has 1 fully saturated rings. The minimum Gasteiger partial charge on any atom is -0.379 e. The smallest absolute Gasteiger partial charge is 0.0845 e. The SMILES string of the molecule is C=N/C=C1/NC(c2ccccc2C)=CC1=NCCCN1CCOCC1. The predicted octanol–water partition coefficient (Wildman–Crippen LogP) is 2.64. The molecule has 1 aromatic carbocycles. The molecule has 5 heteroatoms. The highest BCUT2D eigenvalue weighted by Gasteiger charge is 2.18. The van der Waals surface area contributed by atoms with E-state index >= 15 is 0 Å². The molecule has 0 aromatic heterocycles. The van der Waals surface area contributed by atoms with E-state index in [1.165, 1.54) is 11.1 Å². The lowest BCUT2D eigenvalue weighted by atomic mass is 10.1. The van der Waals surface area contributed by atoms with Gasteiger partial charge in [-0.3, -0.25) is 14.9 Å². The molecule has 0 aliphatic carbocycles. The molecule has 2 aliphatic heterocycles. The van der Waals surface area contributed by atoms with Crippen molar-refractivity contribution in [3.63, 3.8) is 0 Å². The molecule has 0 saturated carbocycles. The molecule has 0 atom stereocenters. The van der Waals surface area contributed by atoms with Crippen molar-refractivity contribution in [1.82, 2.24) is 10.2 Å². The molecule has 2 heterocycles. The first-order valence-electron chi connectivity index (χ1n) is 8.83. The molecule has 3 rings (SSSR count). The highest BCUT2D eigenvalue weighted by molar-refractivity contribution is 6.16. The van der Waals surface area contributed by atoms with Crippen LogP contribution in [0.5, 0.6) is 0 Å². The molecule has 1 aromatic rings. The Kier molecular flexibility index (Phi) is 6.14. The Balaban J connectivity index is 1.65. The Morgan fingerprint density at radius 3 is 2.84 bits per heavy atom. The van der Waals surface area contributed by atoms with E-state index in [0.717, 1.165) is 62.9 Å². The third-order valence-electron chi connectivity index (χ3n) is 4.50. The predicted molar refractivity (Wildman–Crippen MR) is 104 cm³/mol. The third-order valence-corrected chi connectivity index (χ3v) is 4.50. The fraction of sp³-hybridized carbons (Fsp3) is 0.400. The van der Waals surface area contributed by atoms with Crippen LogP contribution in [0.2, 0.25) is 0 Å². The van der Waals surface area contributed by atoms with Gasteiger partial charge in [0.15, 0.2) is 0 Å². The number of ether oxygens (including phenoxy) is 1. The standard InChI is InChI=1S/C20H26N4O/c1-16-6-3-4-7-17(16)18-14-19(20(23-18)15-21-2)22-8-5-9-24-10-12-25-13-11-24/h3-4,6-7,14-15,23H,2,5,8-13H2,1H3/b20-15+,22-19?. The first kappa shape index (κ1) is 17.6. The molecular formula is C20H26N4O. The summed E-state index contributed by atoms with van der Waals surface area (Å²) in [7, 11) is 0. The van der Waals surface area contributed by atoms with Crippen molar-refractivity contribution in [2.45, 2.75) is 13.3 Å². The number of nitrogens with one attached hydrogen (secondary N) is 1. The lowest BCUT2D eigenvalue weighted by Gasteiger charge is -2.26. The second-order valence-electron chi connectivity index (χ2n) is 6.30. The van der Waals surface area contributed by atoms with E-state index in [9.17, 15) is 0 Å². The number of morpholine rings is 1. The van der Waals surface area contributed by atoms with E-state index in [-0.39, 0.29) is 0 Å². The lowest BCUT2D eigenvalue weighted by molar-refractivity contribution is 0.0377. The quantitative estimate of drug-likeness (QED) is 0.641. The summed E-state index contributed by atoms with van der Waals surface area (Å²) >= 11 is 0. The van der Waals surface area contributed by atoms with Gasteiger partial charge in [0.2, 0.25) is 0 Å². The summed E-state index contributed by atoms with van der Waals surface area (Å²) in [4.78, 5) is 11.1. The maximum atomic E-state index is 5.38. The van der Waals surface area contributed by atoms with E-state index in [1.807, 2.05) is 0 Å². The minimum absolute atomic E-state index is 0.806. The second kappa shape index (κ2) is 8.74. The van der Waals surface area contributed by atoms with Crippen LogP contribution in [0.4, 0.5) is 0 Å². The molecular weight excluding hydrogens is 312 g/mol. The Labute approximate surface area is 149 Å². The summed E-state index contributed by atoms with van der Waals surface area (Å²) in [6.45, 7) is 11.3. The maximum absolute atomic E-state index is 5.38. The number of aryl methyl sites for hydroxylation is 1. The fourth-order valence-electron chi connectivity index (χ4n) is 3.12. The lowest BCUT2D eigenvalue weighted by Crippen LogP contribution is -2.37. The number of rotatable bonds is 6. The van der Waals surface area contributed by atoms with Gasteiger partial charge < -0.3 is 10.1 Å². The average molecular weight is 338 g/mol. The Bertz CT molecular complexity index is 699. The van der Waals surface area contributed by atoms with E-state index in [0.29, 0.717) is 0 Å². The molecule has 132 valence electrons. The molecule has 1 N–H and O–H groups in total. The molecule has 0 unspecified atom stereocenters. The average Bonchev–Trinajstić information content (AvgIpc) is 3.03. The zero-order valence-electron chi connectivity index (χ0n) is 14.9. The van der Waals surface area contributed by atoms with Crippen molar-refractivity contribution in [2.75, 3.05) is 39.4 Å². The summed E-state index contributed by atoms with van der Waals surface area (Å²) in [5.74, 6) is 0. The van der Waals surface area contributed by atoms with Crippen molar-refractivity contribution in [2.24, 2.45) is 9.98 Å². The van der Waals surface area contributed by atoms with Crippen molar-refractivity contribution in [3.05, 3.63) is 53.4 Å². The van der Waals surface area contributed by atoms with Crippen molar-refractivity contribution in [3.8, 4) is 0 Å². The number of hydrogen-bond donors (Lipinski definition) is 1. The minimum atomic E-state index is 0.806. The Morgan fingerprint density at radius 1 is 1.28 bits per heavy atom. The van der Waals surface area contributed by atoms with Gasteiger partial charge in [0.1, 0.15) is 0 Å². The second-order valence-corrected chi connectivity index (χ2v) is 6.30. The summed E-state index contributed by atoms with van der Waals surface area (Å²) in [6, 6.07) is 8.34. The van der Waals surface area contributed by atoms with Crippen LogP contribution in [0.1, 0.15) is 17.5 Å². The molecule has 0 spiro atoms. The van der Waals surface area contributed by atoms with Crippen LogP contribution in [0.15, 0.2) is 52.2 Å². The largest absolute Gasteiger partial charge is 0.379 e. The van der Waals surface area contributed by atoms with Crippen molar-refractivity contribution in [1.29, 1.82) is 0 Å². The van der Waals surface area contributed by atoms with E-state index in [2.05, 4.69) is 59.2 Å². The van der Waals surface area contributed by atoms with Crippen LogP contribution in [0.3, 0.4) is 0 Å². The van der Waals surface area contributed by atoms with Crippen LogP contribution >= 0.6 is 0 Å². The zero-order valence-corrected chi connectivity index (χ0v) is 14.9.